The van der Waals surface area contributed by atoms with Gasteiger partial charge in [0.15, 0.2) is 33.6 Å². The van der Waals surface area contributed by atoms with Crippen LogP contribution >= 0.6 is 23.1 Å². The minimum atomic E-state index is -1.19. The van der Waals surface area contributed by atoms with E-state index in [1.807, 2.05) is 42.9 Å². The summed E-state index contributed by atoms with van der Waals surface area (Å²) in [5.74, 6) is 1.67. The summed E-state index contributed by atoms with van der Waals surface area (Å²) in [6.07, 6.45) is 3.19. The SMILES string of the molecule is CC(C)(C)[S+]([O-])NCCn1c(Sc2cc3c(cc2-c2nccs2)OCO3)nc2c(N)ncnc21. The maximum absolute atomic E-state index is 12.5. The minimum absolute atomic E-state index is 0.183. The Balaban J connectivity index is 1.52. The molecule has 0 aliphatic carbocycles. The number of nitrogens with two attached hydrogens (primary N) is 1. The van der Waals surface area contributed by atoms with Crippen LogP contribution in [-0.4, -0.2) is 47.1 Å². The Kier molecular flexibility index (Phi) is 6.29. The molecule has 1 unspecified atom stereocenters. The Morgan fingerprint density at radius 2 is 2.03 bits per heavy atom. The second-order valence-electron chi connectivity index (χ2n) is 8.39. The number of hydrogen-bond donors (Lipinski definition) is 2. The summed E-state index contributed by atoms with van der Waals surface area (Å²) >= 11 is 1.81. The molecule has 0 amide bonds. The fraction of sp³-hybridized carbons (Fsp3) is 0.333. The first kappa shape index (κ1) is 23.2. The largest absolute Gasteiger partial charge is 0.598 e. The van der Waals surface area contributed by atoms with Crippen LogP contribution in [0.1, 0.15) is 20.8 Å². The fourth-order valence-corrected chi connectivity index (χ4v) is 5.81. The van der Waals surface area contributed by atoms with Crippen LogP contribution in [0.15, 0.2) is 40.1 Å². The number of anilines is 1. The summed E-state index contributed by atoms with van der Waals surface area (Å²) in [6.45, 7) is 6.93. The van der Waals surface area contributed by atoms with Crippen molar-refractivity contribution in [3.8, 4) is 22.1 Å². The lowest BCUT2D eigenvalue weighted by Crippen LogP contribution is -2.40. The molecule has 1 aliphatic rings. The van der Waals surface area contributed by atoms with Gasteiger partial charge in [-0.05, 0) is 32.9 Å². The molecule has 1 aliphatic heterocycles. The predicted octanol–water partition coefficient (Wildman–Crippen LogP) is 3.46. The van der Waals surface area contributed by atoms with E-state index in [1.54, 1.807) is 17.5 Å². The number of hydrogen-bond acceptors (Lipinski definition) is 11. The lowest BCUT2D eigenvalue weighted by atomic mass is 10.2. The van der Waals surface area contributed by atoms with Crippen LogP contribution in [0.5, 0.6) is 11.5 Å². The molecule has 1 aromatic carbocycles. The van der Waals surface area contributed by atoms with Gasteiger partial charge in [-0.3, -0.25) is 0 Å². The number of nitrogens with one attached hydrogen (secondary N) is 1. The number of nitrogen functional groups attached to an aromatic ring is 1. The van der Waals surface area contributed by atoms with Gasteiger partial charge in [-0.15, -0.1) is 16.1 Å². The van der Waals surface area contributed by atoms with E-state index in [0.29, 0.717) is 46.7 Å². The van der Waals surface area contributed by atoms with E-state index >= 15 is 0 Å². The van der Waals surface area contributed by atoms with Crippen LogP contribution in [0.2, 0.25) is 0 Å². The highest BCUT2D eigenvalue weighted by Gasteiger charge is 2.27. The molecule has 0 spiro atoms. The van der Waals surface area contributed by atoms with E-state index in [2.05, 4.69) is 19.7 Å². The van der Waals surface area contributed by atoms with Crippen molar-refractivity contribution >= 4 is 51.4 Å². The van der Waals surface area contributed by atoms with Crippen LogP contribution in [0.4, 0.5) is 5.82 Å². The first-order valence-corrected chi connectivity index (χ1v) is 13.3. The molecule has 5 rings (SSSR count). The van der Waals surface area contributed by atoms with E-state index in [9.17, 15) is 4.55 Å². The Morgan fingerprint density at radius 1 is 1.24 bits per heavy atom. The minimum Gasteiger partial charge on any atom is -0.598 e. The van der Waals surface area contributed by atoms with Crippen molar-refractivity contribution in [3.05, 3.63) is 30.0 Å². The molecule has 178 valence electrons. The number of nitrogens with zero attached hydrogens (tertiary/aromatic N) is 5. The van der Waals surface area contributed by atoms with E-state index in [-0.39, 0.29) is 11.5 Å². The molecule has 0 saturated carbocycles. The zero-order valence-corrected chi connectivity index (χ0v) is 21.2. The van der Waals surface area contributed by atoms with Crippen molar-refractivity contribution in [1.82, 2.24) is 29.2 Å². The number of aromatic nitrogens is 5. The van der Waals surface area contributed by atoms with Gasteiger partial charge < -0.3 is 24.3 Å². The third kappa shape index (κ3) is 4.53. The lowest BCUT2D eigenvalue weighted by molar-refractivity contribution is 0.174. The maximum atomic E-state index is 12.5. The van der Waals surface area contributed by atoms with Crippen LogP contribution < -0.4 is 19.9 Å². The third-order valence-corrected chi connectivity index (χ3v) is 8.43. The monoisotopic (exact) mass is 517 g/mol. The molecule has 13 heteroatoms. The van der Waals surface area contributed by atoms with Crippen LogP contribution in [0.25, 0.3) is 21.7 Å². The lowest BCUT2D eigenvalue weighted by Gasteiger charge is -2.23. The first-order chi connectivity index (χ1) is 16.3. The molecule has 1 atom stereocenters. The predicted molar refractivity (Wildman–Crippen MR) is 133 cm³/mol. The molecule has 4 aromatic rings. The van der Waals surface area contributed by atoms with Gasteiger partial charge in [0.05, 0.1) is 6.54 Å². The topological polar surface area (TPSA) is 136 Å². The number of imidazole rings is 1. The quantitative estimate of drug-likeness (QED) is 0.351. The number of thiazole rings is 1. The van der Waals surface area contributed by atoms with Crippen molar-refractivity contribution in [3.63, 3.8) is 0 Å². The number of rotatable bonds is 7. The Labute approximate surface area is 207 Å². The van der Waals surface area contributed by atoms with Gasteiger partial charge in [-0.1, -0.05) is 11.8 Å². The molecule has 34 heavy (non-hydrogen) atoms. The van der Waals surface area contributed by atoms with Crippen LogP contribution in [-0.2, 0) is 17.9 Å². The number of ether oxygens (including phenoxy) is 2. The molecule has 0 saturated heterocycles. The second kappa shape index (κ2) is 9.23. The third-order valence-electron chi connectivity index (χ3n) is 4.99. The summed E-state index contributed by atoms with van der Waals surface area (Å²) in [7, 11) is 0. The van der Waals surface area contributed by atoms with Gasteiger partial charge in [0.25, 0.3) is 0 Å². The molecular weight excluding hydrogens is 494 g/mol. The van der Waals surface area contributed by atoms with Gasteiger partial charge >= 0.3 is 0 Å². The second-order valence-corrected chi connectivity index (χ2v) is 12.3. The smallest absolute Gasteiger partial charge is 0.231 e. The van der Waals surface area contributed by atoms with Gasteiger partial charge in [0, 0.05) is 39.9 Å². The highest BCUT2D eigenvalue weighted by atomic mass is 32.2. The average Bonchev–Trinajstić information content (AvgIpc) is 3.53. The number of benzene rings is 1. The molecule has 0 fully saturated rings. The summed E-state index contributed by atoms with van der Waals surface area (Å²) in [6, 6.07) is 3.88. The Morgan fingerprint density at radius 3 is 2.76 bits per heavy atom. The van der Waals surface area contributed by atoms with Crippen LogP contribution in [0, 0.1) is 0 Å². The zero-order valence-electron chi connectivity index (χ0n) is 18.8. The molecule has 3 N–H and O–H groups in total. The van der Waals surface area contributed by atoms with Crippen molar-refractivity contribution in [2.45, 2.75) is 42.1 Å². The fourth-order valence-electron chi connectivity index (χ4n) is 3.31. The summed E-state index contributed by atoms with van der Waals surface area (Å²) in [5.41, 5.74) is 8.17. The first-order valence-electron chi connectivity index (χ1n) is 10.4. The van der Waals surface area contributed by atoms with Crippen molar-refractivity contribution in [2.24, 2.45) is 0 Å². The molecule has 4 heterocycles. The van der Waals surface area contributed by atoms with Gasteiger partial charge in [0.1, 0.15) is 16.1 Å². The Hall–Kier alpha value is -2.58. The molecular formula is C21H23N7O3S3. The summed E-state index contributed by atoms with van der Waals surface area (Å²) in [5, 5.41) is 3.48. The van der Waals surface area contributed by atoms with E-state index in [0.717, 1.165) is 15.5 Å². The molecule has 10 nitrogen and oxygen atoms in total. The standard InChI is InChI=1S/C21H23N7O3S3/c1-21(2,3)34(29)26-4-6-28-18-16(17(22)24-10-25-18)27-20(28)33-15-9-14-13(30-11-31-14)8-12(15)19-23-5-7-32-19/h5,7-10,26H,4,6,11H2,1-3H3,(H2,22,24,25). The number of fused-ring (bicyclic) bond motifs is 2. The highest BCUT2D eigenvalue weighted by molar-refractivity contribution is 7.99. The van der Waals surface area contributed by atoms with Gasteiger partial charge in [-0.25, -0.2) is 19.9 Å². The van der Waals surface area contributed by atoms with Crippen molar-refractivity contribution in [2.75, 3.05) is 19.1 Å². The average molecular weight is 518 g/mol. The van der Waals surface area contributed by atoms with Crippen molar-refractivity contribution < 1.29 is 14.0 Å². The summed E-state index contributed by atoms with van der Waals surface area (Å²) in [4.78, 5) is 18.7. The van der Waals surface area contributed by atoms with E-state index in [1.165, 1.54) is 18.1 Å². The maximum Gasteiger partial charge on any atom is 0.231 e. The highest BCUT2D eigenvalue weighted by Crippen LogP contribution is 2.45. The molecule has 0 radical (unpaired) electrons. The molecule has 3 aromatic heterocycles. The van der Waals surface area contributed by atoms with Crippen LogP contribution in [0.3, 0.4) is 0 Å². The van der Waals surface area contributed by atoms with Gasteiger partial charge in [0.2, 0.25) is 6.79 Å². The summed E-state index contributed by atoms with van der Waals surface area (Å²) < 4.78 is 28.4. The normalized spacial score (nSPS) is 14.1. The zero-order chi connectivity index (χ0) is 23.9. The molecule has 0 bridgehead atoms. The van der Waals surface area contributed by atoms with Gasteiger partial charge in [-0.2, -0.15) is 0 Å². The van der Waals surface area contributed by atoms with Crippen molar-refractivity contribution in [1.29, 1.82) is 0 Å². The van der Waals surface area contributed by atoms with E-state index < -0.39 is 11.4 Å². The van der Waals surface area contributed by atoms with E-state index in [4.69, 9.17) is 20.2 Å². The Bertz CT molecular complexity index is 1320.